The first-order valence-corrected chi connectivity index (χ1v) is 7.65. The fourth-order valence-corrected chi connectivity index (χ4v) is 2.82. The van der Waals surface area contributed by atoms with Crippen LogP contribution in [0, 0.1) is 5.41 Å². The van der Waals surface area contributed by atoms with Crippen molar-refractivity contribution in [3.05, 3.63) is 35.4 Å². The van der Waals surface area contributed by atoms with Crippen LogP contribution in [0.15, 0.2) is 24.3 Å². The molecule has 1 heterocycles. The van der Waals surface area contributed by atoms with Gasteiger partial charge in [-0.05, 0) is 35.9 Å². The molecule has 110 valence electrons. The average Bonchev–Trinajstić information content (AvgIpc) is 2.39. The number of nitrogens with one attached hydrogen (secondary N) is 1. The Bertz CT molecular complexity index is 461. The van der Waals surface area contributed by atoms with Crippen molar-refractivity contribution in [3.63, 3.8) is 0 Å². The van der Waals surface area contributed by atoms with Gasteiger partial charge in [0.1, 0.15) is 5.78 Å². The standard InChI is InChI=1S/C18H27NO/c1-17(2,3)15-8-6-14(7-9-15)12-16(20)18(4)10-5-11-19-13-18/h6-9,19H,5,10-13H2,1-4H3. The zero-order valence-corrected chi connectivity index (χ0v) is 13.3. The van der Waals surface area contributed by atoms with E-state index < -0.39 is 0 Å². The molecule has 1 atom stereocenters. The average molecular weight is 273 g/mol. The molecule has 0 bridgehead atoms. The quantitative estimate of drug-likeness (QED) is 0.913. The van der Waals surface area contributed by atoms with E-state index in [2.05, 4.69) is 57.3 Å². The first-order chi connectivity index (χ1) is 9.31. The number of carbonyl (C=O) groups is 1. The SMILES string of the molecule is CC1(C(=O)Cc2ccc(C(C)(C)C)cc2)CCCNC1. The lowest BCUT2D eigenvalue weighted by atomic mass is 9.77. The second-order valence-corrected chi connectivity index (χ2v) is 7.39. The minimum atomic E-state index is -0.180. The van der Waals surface area contributed by atoms with E-state index in [1.165, 1.54) is 5.56 Å². The third-order valence-corrected chi connectivity index (χ3v) is 4.46. The molecular formula is C18H27NO. The van der Waals surface area contributed by atoms with Crippen LogP contribution in [0.25, 0.3) is 0 Å². The Morgan fingerprint density at radius 2 is 1.90 bits per heavy atom. The first kappa shape index (κ1) is 15.2. The van der Waals surface area contributed by atoms with Gasteiger partial charge in [0.15, 0.2) is 0 Å². The lowest BCUT2D eigenvalue weighted by Crippen LogP contribution is -2.44. The monoisotopic (exact) mass is 273 g/mol. The van der Waals surface area contributed by atoms with Gasteiger partial charge in [-0.15, -0.1) is 0 Å². The van der Waals surface area contributed by atoms with Gasteiger partial charge in [0.25, 0.3) is 0 Å². The summed E-state index contributed by atoms with van der Waals surface area (Å²) in [6.45, 7) is 10.6. The lowest BCUT2D eigenvalue weighted by molar-refractivity contribution is -0.128. The van der Waals surface area contributed by atoms with E-state index in [1.807, 2.05) is 0 Å². The van der Waals surface area contributed by atoms with Gasteiger partial charge in [0.2, 0.25) is 0 Å². The second kappa shape index (κ2) is 5.69. The Hall–Kier alpha value is -1.15. The van der Waals surface area contributed by atoms with E-state index >= 15 is 0 Å². The second-order valence-electron chi connectivity index (χ2n) is 7.39. The maximum atomic E-state index is 12.5. The fourth-order valence-electron chi connectivity index (χ4n) is 2.82. The zero-order chi connectivity index (χ0) is 14.8. The smallest absolute Gasteiger partial charge is 0.144 e. The third-order valence-electron chi connectivity index (χ3n) is 4.46. The molecule has 0 amide bonds. The van der Waals surface area contributed by atoms with Crippen molar-refractivity contribution in [2.75, 3.05) is 13.1 Å². The van der Waals surface area contributed by atoms with Crippen LogP contribution in [-0.2, 0) is 16.6 Å². The molecule has 1 fully saturated rings. The van der Waals surface area contributed by atoms with E-state index in [0.717, 1.165) is 31.5 Å². The van der Waals surface area contributed by atoms with Gasteiger partial charge in [0, 0.05) is 18.4 Å². The Labute approximate surface area is 123 Å². The summed E-state index contributed by atoms with van der Waals surface area (Å²) >= 11 is 0. The number of hydrogen-bond donors (Lipinski definition) is 1. The van der Waals surface area contributed by atoms with Crippen LogP contribution in [0.4, 0.5) is 0 Å². The number of Topliss-reactive ketones (excluding diaryl/α,β-unsaturated/α-hetero) is 1. The van der Waals surface area contributed by atoms with Gasteiger partial charge >= 0.3 is 0 Å². The van der Waals surface area contributed by atoms with Crippen LogP contribution in [0.2, 0.25) is 0 Å². The van der Waals surface area contributed by atoms with Crippen LogP contribution in [0.1, 0.15) is 51.7 Å². The molecule has 0 aromatic heterocycles. The van der Waals surface area contributed by atoms with Crippen LogP contribution in [-0.4, -0.2) is 18.9 Å². The molecule has 0 spiro atoms. The summed E-state index contributed by atoms with van der Waals surface area (Å²) in [6, 6.07) is 8.53. The molecule has 1 aromatic rings. The highest BCUT2D eigenvalue weighted by Crippen LogP contribution is 2.28. The normalized spacial score (nSPS) is 23.6. The molecule has 2 heteroatoms. The largest absolute Gasteiger partial charge is 0.316 e. The van der Waals surface area contributed by atoms with E-state index in [4.69, 9.17) is 0 Å². The van der Waals surface area contributed by atoms with E-state index in [1.54, 1.807) is 0 Å². The Morgan fingerprint density at radius 3 is 2.40 bits per heavy atom. The Kier molecular flexibility index (Phi) is 4.33. The van der Waals surface area contributed by atoms with Gasteiger partial charge < -0.3 is 5.32 Å². The summed E-state index contributed by atoms with van der Waals surface area (Å²) in [6.07, 6.45) is 2.67. The van der Waals surface area contributed by atoms with Crippen LogP contribution in [0.3, 0.4) is 0 Å². The molecular weight excluding hydrogens is 246 g/mol. The predicted octanol–water partition coefficient (Wildman–Crippen LogP) is 3.49. The van der Waals surface area contributed by atoms with E-state index in [-0.39, 0.29) is 10.8 Å². The number of hydrogen-bond acceptors (Lipinski definition) is 2. The number of ketones is 1. The lowest BCUT2D eigenvalue weighted by Gasteiger charge is -2.32. The summed E-state index contributed by atoms with van der Waals surface area (Å²) in [5, 5.41) is 3.35. The molecule has 0 aliphatic carbocycles. The molecule has 1 saturated heterocycles. The summed E-state index contributed by atoms with van der Waals surface area (Å²) in [7, 11) is 0. The third kappa shape index (κ3) is 3.49. The summed E-state index contributed by atoms with van der Waals surface area (Å²) in [5.74, 6) is 0.369. The van der Waals surface area contributed by atoms with Crippen molar-refractivity contribution in [2.24, 2.45) is 5.41 Å². The molecule has 1 aliphatic rings. The van der Waals surface area contributed by atoms with Gasteiger partial charge in [-0.25, -0.2) is 0 Å². The molecule has 1 aliphatic heterocycles. The van der Waals surface area contributed by atoms with Crippen molar-refractivity contribution in [1.82, 2.24) is 5.32 Å². The van der Waals surface area contributed by atoms with E-state index in [9.17, 15) is 4.79 Å². The van der Waals surface area contributed by atoms with Gasteiger partial charge in [-0.1, -0.05) is 52.0 Å². The Morgan fingerprint density at radius 1 is 1.25 bits per heavy atom. The number of benzene rings is 1. The van der Waals surface area contributed by atoms with Gasteiger partial charge in [-0.3, -0.25) is 4.79 Å². The Balaban J connectivity index is 2.04. The first-order valence-electron chi connectivity index (χ1n) is 7.65. The number of rotatable bonds is 3. The number of carbonyl (C=O) groups excluding carboxylic acids is 1. The highest BCUT2D eigenvalue weighted by atomic mass is 16.1. The molecule has 2 rings (SSSR count). The van der Waals surface area contributed by atoms with Gasteiger partial charge in [-0.2, -0.15) is 0 Å². The van der Waals surface area contributed by atoms with Crippen LogP contribution in [0.5, 0.6) is 0 Å². The van der Waals surface area contributed by atoms with Crippen LogP contribution >= 0.6 is 0 Å². The van der Waals surface area contributed by atoms with Crippen LogP contribution < -0.4 is 5.32 Å². The summed E-state index contributed by atoms with van der Waals surface area (Å²) in [5.41, 5.74) is 2.44. The van der Waals surface area contributed by atoms with E-state index in [0.29, 0.717) is 12.2 Å². The van der Waals surface area contributed by atoms with Gasteiger partial charge in [0.05, 0.1) is 0 Å². The zero-order valence-electron chi connectivity index (χ0n) is 13.3. The highest BCUT2D eigenvalue weighted by molar-refractivity contribution is 5.86. The maximum Gasteiger partial charge on any atom is 0.144 e. The molecule has 1 unspecified atom stereocenters. The molecule has 0 radical (unpaired) electrons. The molecule has 20 heavy (non-hydrogen) atoms. The molecule has 0 saturated carbocycles. The number of piperidine rings is 1. The minimum Gasteiger partial charge on any atom is -0.316 e. The van der Waals surface area contributed by atoms with Crippen molar-refractivity contribution < 1.29 is 4.79 Å². The molecule has 2 nitrogen and oxygen atoms in total. The fraction of sp³-hybridized carbons (Fsp3) is 0.611. The minimum absolute atomic E-state index is 0.168. The molecule has 1 N–H and O–H groups in total. The van der Waals surface area contributed by atoms with Crippen molar-refractivity contribution in [1.29, 1.82) is 0 Å². The summed E-state index contributed by atoms with van der Waals surface area (Å²) < 4.78 is 0. The topological polar surface area (TPSA) is 29.1 Å². The van der Waals surface area contributed by atoms with Crippen molar-refractivity contribution in [2.45, 2.75) is 52.4 Å². The summed E-state index contributed by atoms with van der Waals surface area (Å²) in [4.78, 5) is 12.5. The maximum absolute atomic E-state index is 12.5. The van der Waals surface area contributed by atoms with Crippen molar-refractivity contribution in [3.8, 4) is 0 Å². The van der Waals surface area contributed by atoms with Crippen molar-refractivity contribution >= 4 is 5.78 Å². The predicted molar refractivity (Wildman–Crippen MR) is 84.1 cm³/mol. The molecule has 1 aromatic carbocycles. The highest BCUT2D eigenvalue weighted by Gasteiger charge is 2.33.